The van der Waals surface area contributed by atoms with Gasteiger partial charge in [-0.3, -0.25) is 4.79 Å². The van der Waals surface area contributed by atoms with Gasteiger partial charge in [-0.25, -0.2) is 9.18 Å². The lowest BCUT2D eigenvalue weighted by Gasteiger charge is -2.37. The molecule has 0 amide bonds. The summed E-state index contributed by atoms with van der Waals surface area (Å²) in [6, 6.07) is 9.99. The molecule has 28 heavy (non-hydrogen) atoms. The van der Waals surface area contributed by atoms with Crippen LogP contribution < -0.4 is 4.90 Å². The third-order valence-corrected chi connectivity index (χ3v) is 4.75. The number of hydrogen-bond donors (Lipinski definition) is 1. The first kappa shape index (κ1) is 20.0. The van der Waals surface area contributed by atoms with E-state index >= 15 is 0 Å². The van der Waals surface area contributed by atoms with E-state index in [2.05, 4.69) is 0 Å². The number of carbonyl (C=O) groups is 2. The van der Waals surface area contributed by atoms with Crippen molar-refractivity contribution in [1.82, 2.24) is 0 Å². The van der Waals surface area contributed by atoms with Crippen molar-refractivity contribution < 1.29 is 28.6 Å². The van der Waals surface area contributed by atoms with Crippen LogP contribution in [0.2, 0.25) is 0 Å². The van der Waals surface area contributed by atoms with Crippen LogP contribution in [0.25, 0.3) is 0 Å². The summed E-state index contributed by atoms with van der Waals surface area (Å²) in [5, 5.41) is 9.01. The van der Waals surface area contributed by atoms with Crippen LogP contribution in [-0.2, 0) is 9.47 Å². The third-order valence-electron chi connectivity index (χ3n) is 4.75. The third kappa shape index (κ3) is 4.21. The summed E-state index contributed by atoms with van der Waals surface area (Å²) in [6.07, 6.45) is 2.32. The van der Waals surface area contributed by atoms with Gasteiger partial charge in [0.15, 0.2) is 5.78 Å². The first-order chi connectivity index (χ1) is 13.5. The number of carbonyl (C=O) groups excluding carboxylic acids is 1. The number of ketones is 1. The van der Waals surface area contributed by atoms with Crippen LogP contribution in [0.5, 0.6) is 0 Å². The molecular formula is C21H22FNO5. The fraction of sp³-hybridized carbons (Fsp3) is 0.333. The van der Waals surface area contributed by atoms with Gasteiger partial charge in [-0.15, -0.1) is 0 Å². The van der Waals surface area contributed by atoms with Gasteiger partial charge in [0.1, 0.15) is 18.8 Å². The molecule has 0 radical (unpaired) electrons. The van der Waals surface area contributed by atoms with Crippen LogP contribution in [0, 0.1) is 5.82 Å². The number of piperidine rings is 1. The summed E-state index contributed by atoms with van der Waals surface area (Å²) >= 11 is 0. The van der Waals surface area contributed by atoms with Crippen molar-refractivity contribution in [3.8, 4) is 0 Å². The Balaban J connectivity index is 1.97. The van der Waals surface area contributed by atoms with Crippen molar-refractivity contribution in [2.45, 2.75) is 25.5 Å². The molecule has 1 atom stereocenters. The Morgan fingerprint density at radius 3 is 2.54 bits per heavy atom. The van der Waals surface area contributed by atoms with E-state index in [1.165, 1.54) is 37.4 Å². The first-order valence-corrected chi connectivity index (χ1v) is 9.06. The van der Waals surface area contributed by atoms with Crippen LogP contribution in [0.1, 0.15) is 45.5 Å². The lowest BCUT2D eigenvalue weighted by molar-refractivity contribution is -0.0787. The molecule has 3 rings (SSSR count). The molecule has 0 bridgehead atoms. The number of carboxylic acids is 1. The van der Waals surface area contributed by atoms with E-state index in [0.717, 1.165) is 19.3 Å². The Bertz CT molecular complexity index is 852. The van der Waals surface area contributed by atoms with Crippen LogP contribution in [0.15, 0.2) is 42.5 Å². The normalized spacial score (nSPS) is 16.8. The molecule has 0 spiro atoms. The van der Waals surface area contributed by atoms with Gasteiger partial charge in [-0.2, -0.15) is 0 Å². The van der Waals surface area contributed by atoms with E-state index in [1.54, 1.807) is 12.1 Å². The lowest BCUT2D eigenvalue weighted by Crippen LogP contribution is -2.42. The van der Waals surface area contributed by atoms with Crippen LogP contribution in [0.4, 0.5) is 10.1 Å². The number of methoxy groups -OCH3 is 1. The van der Waals surface area contributed by atoms with Gasteiger partial charge in [-0.05, 0) is 43.5 Å². The number of ether oxygens (including phenoxy) is 2. The second-order valence-electron chi connectivity index (χ2n) is 6.56. The number of halogens is 1. The maximum Gasteiger partial charge on any atom is 0.335 e. The minimum absolute atomic E-state index is 0.0431. The first-order valence-electron chi connectivity index (χ1n) is 9.06. The monoisotopic (exact) mass is 387 g/mol. The standard InChI is InChI=1S/C21H22FNO5/c1-27-13-28-18-7-2-3-12-23(18)17-6-4-5-16(22)19(17)20(24)14-8-10-15(11-9-14)21(25)26/h4-6,8-11,18H,2-3,7,12-13H2,1H3,(H,25,26). The summed E-state index contributed by atoms with van der Waals surface area (Å²) < 4.78 is 25.4. The minimum atomic E-state index is -1.09. The predicted octanol–water partition coefficient (Wildman–Crippen LogP) is 3.69. The Hall–Kier alpha value is -2.77. The Morgan fingerprint density at radius 1 is 1.14 bits per heavy atom. The SMILES string of the molecule is COCOC1CCCCN1c1cccc(F)c1C(=O)c1ccc(C(=O)O)cc1. The molecule has 0 aliphatic carbocycles. The molecule has 2 aromatic rings. The Morgan fingerprint density at radius 2 is 1.86 bits per heavy atom. The van der Waals surface area contributed by atoms with E-state index in [1.807, 2.05) is 4.90 Å². The molecule has 1 aliphatic heterocycles. The van der Waals surface area contributed by atoms with Crippen molar-refractivity contribution in [1.29, 1.82) is 0 Å². The summed E-state index contributed by atoms with van der Waals surface area (Å²) in [7, 11) is 1.53. The molecule has 2 aromatic carbocycles. The topological polar surface area (TPSA) is 76.1 Å². The van der Waals surface area contributed by atoms with E-state index in [4.69, 9.17) is 14.6 Å². The number of benzene rings is 2. The highest BCUT2D eigenvalue weighted by atomic mass is 19.1. The maximum absolute atomic E-state index is 14.7. The van der Waals surface area contributed by atoms with Crippen LogP contribution in [0.3, 0.4) is 0 Å². The molecule has 1 heterocycles. The number of carboxylic acid groups (broad SMARTS) is 1. The Labute approximate surface area is 162 Å². The van der Waals surface area contributed by atoms with Crippen LogP contribution >= 0.6 is 0 Å². The molecule has 0 saturated carbocycles. The van der Waals surface area contributed by atoms with Gasteiger partial charge >= 0.3 is 5.97 Å². The van der Waals surface area contributed by atoms with Gasteiger partial charge in [0.05, 0.1) is 16.8 Å². The number of anilines is 1. The molecule has 148 valence electrons. The average Bonchev–Trinajstić information content (AvgIpc) is 2.72. The average molecular weight is 387 g/mol. The zero-order valence-electron chi connectivity index (χ0n) is 15.6. The zero-order valence-corrected chi connectivity index (χ0v) is 15.6. The fourth-order valence-electron chi connectivity index (χ4n) is 3.38. The maximum atomic E-state index is 14.7. The highest BCUT2D eigenvalue weighted by Crippen LogP contribution is 2.31. The number of aromatic carboxylic acids is 1. The predicted molar refractivity (Wildman–Crippen MR) is 101 cm³/mol. The van der Waals surface area contributed by atoms with E-state index < -0.39 is 17.6 Å². The lowest BCUT2D eigenvalue weighted by atomic mass is 9.98. The summed E-state index contributed by atoms with van der Waals surface area (Å²) in [5.74, 6) is -2.21. The smallest absolute Gasteiger partial charge is 0.335 e. The molecule has 1 unspecified atom stereocenters. The van der Waals surface area contributed by atoms with Gasteiger partial charge in [0.25, 0.3) is 0 Å². The van der Waals surface area contributed by atoms with E-state index in [9.17, 15) is 14.0 Å². The van der Waals surface area contributed by atoms with Crippen LogP contribution in [-0.4, -0.2) is 43.5 Å². The molecule has 6 nitrogen and oxygen atoms in total. The van der Waals surface area contributed by atoms with E-state index in [0.29, 0.717) is 12.2 Å². The van der Waals surface area contributed by atoms with Crippen molar-refractivity contribution in [2.24, 2.45) is 0 Å². The fourth-order valence-corrected chi connectivity index (χ4v) is 3.38. The largest absolute Gasteiger partial charge is 0.478 e. The molecule has 1 saturated heterocycles. The highest BCUT2D eigenvalue weighted by Gasteiger charge is 2.29. The van der Waals surface area contributed by atoms with Crippen molar-refractivity contribution in [3.05, 3.63) is 65.0 Å². The minimum Gasteiger partial charge on any atom is -0.478 e. The molecule has 7 heteroatoms. The second kappa shape index (κ2) is 8.95. The quantitative estimate of drug-likeness (QED) is 0.577. The van der Waals surface area contributed by atoms with Gasteiger partial charge in [-0.1, -0.05) is 18.2 Å². The number of hydrogen-bond acceptors (Lipinski definition) is 5. The second-order valence-corrected chi connectivity index (χ2v) is 6.56. The molecule has 1 N–H and O–H groups in total. The van der Waals surface area contributed by atoms with Crippen molar-refractivity contribution in [2.75, 3.05) is 25.3 Å². The number of nitrogens with zero attached hydrogens (tertiary/aromatic N) is 1. The van der Waals surface area contributed by atoms with Gasteiger partial charge in [0, 0.05) is 19.2 Å². The summed E-state index contributed by atoms with van der Waals surface area (Å²) in [6.45, 7) is 0.743. The summed E-state index contributed by atoms with van der Waals surface area (Å²) in [5.41, 5.74) is 0.712. The highest BCUT2D eigenvalue weighted by molar-refractivity contribution is 6.12. The molecule has 1 aliphatic rings. The van der Waals surface area contributed by atoms with E-state index in [-0.39, 0.29) is 29.7 Å². The van der Waals surface area contributed by atoms with Gasteiger partial charge < -0.3 is 19.5 Å². The molecule has 1 fully saturated rings. The van der Waals surface area contributed by atoms with Crippen molar-refractivity contribution in [3.63, 3.8) is 0 Å². The molecule has 0 aromatic heterocycles. The molecular weight excluding hydrogens is 365 g/mol. The summed E-state index contributed by atoms with van der Waals surface area (Å²) in [4.78, 5) is 26.0. The van der Waals surface area contributed by atoms with Crippen molar-refractivity contribution >= 4 is 17.4 Å². The zero-order chi connectivity index (χ0) is 20.1. The van der Waals surface area contributed by atoms with Gasteiger partial charge in [0.2, 0.25) is 0 Å². The number of rotatable bonds is 7. The Kier molecular flexibility index (Phi) is 6.38.